The standard InChI is InChI=1S/C21H24N4O2/c26-17-10-15(11-17)20(27)24-9-6-21(13-24)14-25(12-16-4-1-2-7-22-16)18-5-3-8-23-19(18)21/h1-5,7-8,15,17,26H,6,9-14H2. The molecular formula is C21H24N4O2. The van der Waals surface area contributed by atoms with Crippen molar-refractivity contribution in [2.45, 2.75) is 37.3 Å². The third kappa shape index (κ3) is 2.79. The molecule has 6 nitrogen and oxygen atoms in total. The summed E-state index contributed by atoms with van der Waals surface area (Å²) < 4.78 is 0. The quantitative estimate of drug-likeness (QED) is 0.898. The maximum Gasteiger partial charge on any atom is 0.225 e. The second-order valence-corrected chi connectivity index (χ2v) is 8.16. The molecule has 2 fully saturated rings. The molecule has 2 aliphatic heterocycles. The molecule has 1 saturated carbocycles. The molecule has 2 aromatic heterocycles. The highest BCUT2D eigenvalue weighted by molar-refractivity contribution is 5.80. The van der Waals surface area contributed by atoms with Crippen LogP contribution in [-0.4, -0.2) is 51.6 Å². The van der Waals surface area contributed by atoms with Crippen LogP contribution >= 0.6 is 0 Å². The van der Waals surface area contributed by atoms with E-state index in [9.17, 15) is 9.90 Å². The number of hydrogen-bond donors (Lipinski definition) is 1. The van der Waals surface area contributed by atoms with Crippen LogP contribution in [0.3, 0.4) is 0 Å². The van der Waals surface area contributed by atoms with Gasteiger partial charge in [0, 0.05) is 37.9 Å². The number of pyridine rings is 2. The number of aliphatic hydroxyl groups excluding tert-OH is 1. The largest absolute Gasteiger partial charge is 0.393 e. The highest BCUT2D eigenvalue weighted by Crippen LogP contribution is 2.46. The number of nitrogens with zero attached hydrogens (tertiary/aromatic N) is 4. The van der Waals surface area contributed by atoms with E-state index >= 15 is 0 Å². The highest BCUT2D eigenvalue weighted by atomic mass is 16.3. The van der Waals surface area contributed by atoms with E-state index in [1.165, 1.54) is 0 Å². The lowest BCUT2D eigenvalue weighted by molar-refractivity contribution is -0.141. The topological polar surface area (TPSA) is 69.6 Å². The molecule has 6 heteroatoms. The first-order valence-electron chi connectivity index (χ1n) is 9.72. The van der Waals surface area contributed by atoms with Crippen molar-refractivity contribution in [3.63, 3.8) is 0 Å². The zero-order chi connectivity index (χ0) is 18.4. The number of rotatable bonds is 3. The van der Waals surface area contributed by atoms with Gasteiger partial charge in [-0.3, -0.25) is 14.8 Å². The molecule has 1 saturated heterocycles. The van der Waals surface area contributed by atoms with Gasteiger partial charge < -0.3 is 14.9 Å². The van der Waals surface area contributed by atoms with Gasteiger partial charge in [0.2, 0.25) is 5.91 Å². The maximum absolute atomic E-state index is 12.8. The minimum Gasteiger partial charge on any atom is -0.393 e. The lowest BCUT2D eigenvalue weighted by atomic mass is 9.81. The van der Waals surface area contributed by atoms with Gasteiger partial charge in [0.05, 0.1) is 35.1 Å². The second-order valence-electron chi connectivity index (χ2n) is 8.16. The predicted molar refractivity (Wildman–Crippen MR) is 101 cm³/mol. The maximum atomic E-state index is 12.8. The molecule has 1 aliphatic carbocycles. The van der Waals surface area contributed by atoms with Crippen molar-refractivity contribution in [3.05, 3.63) is 54.1 Å². The van der Waals surface area contributed by atoms with Gasteiger partial charge in [0.25, 0.3) is 0 Å². The fraction of sp³-hybridized carbons (Fsp3) is 0.476. The van der Waals surface area contributed by atoms with Gasteiger partial charge in [0.1, 0.15) is 0 Å². The Hall–Kier alpha value is -2.47. The fourth-order valence-electron chi connectivity index (χ4n) is 4.84. The summed E-state index contributed by atoms with van der Waals surface area (Å²) in [4.78, 5) is 26.3. The Kier molecular flexibility index (Phi) is 3.90. The minimum atomic E-state index is -0.293. The number of likely N-dealkylation sites (tertiary alicyclic amines) is 1. The molecule has 1 unspecified atom stereocenters. The van der Waals surface area contributed by atoms with Crippen molar-refractivity contribution in [1.29, 1.82) is 0 Å². The fourth-order valence-corrected chi connectivity index (χ4v) is 4.84. The van der Waals surface area contributed by atoms with Gasteiger partial charge in [-0.1, -0.05) is 6.07 Å². The zero-order valence-electron chi connectivity index (χ0n) is 15.3. The smallest absolute Gasteiger partial charge is 0.225 e. The van der Waals surface area contributed by atoms with Gasteiger partial charge in [-0.2, -0.15) is 0 Å². The third-order valence-electron chi connectivity index (χ3n) is 6.33. The first-order chi connectivity index (χ1) is 13.1. The van der Waals surface area contributed by atoms with Crippen LogP contribution in [0.15, 0.2) is 42.7 Å². The molecule has 140 valence electrons. The number of aliphatic hydroxyl groups is 1. The Balaban J connectivity index is 1.38. The number of anilines is 1. The van der Waals surface area contributed by atoms with E-state index in [1.54, 1.807) is 0 Å². The van der Waals surface area contributed by atoms with Crippen LogP contribution in [0.1, 0.15) is 30.7 Å². The van der Waals surface area contributed by atoms with Gasteiger partial charge in [-0.25, -0.2) is 0 Å². The first-order valence-corrected chi connectivity index (χ1v) is 9.72. The molecule has 0 radical (unpaired) electrons. The molecular weight excluding hydrogens is 340 g/mol. The van der Waals surface area contributed by atoms with E-state index in [0.717, 1.165) is 49.7 Å². The van der Waals surface area contributed by atoms with E-state index in [-0.39, 0.29) is 23.3 Å². The molecule has 0 bridgehead atoms. The Morgan fingerprint density at radius 1 is 1.15 bits per heavy atom. The molecule has 1 amide bonds. The van der Waals surface area contributed by atoms with Gasteiger partial charge in [-0.05, 0) is 43.5 Å². The summed E-state index contributed by atoms with van der Waals surface area (Å²) in [5.74, 6) is 0.210. The summed E-state index contributed by atoms with van der Waals surface area (Å²) in [7, 11) is 0. The normalized spacial score (nSPS) is 29.1. The molecule has 2 aromatic rings. The summed E-state index contributed by atoms with van der Waals surface area (Å²) in [6.07, 6.45) is 5.56. The Morgan fingerprint density at radius 2 is 2.00 bits per heavy atom. The number of aromatic nitrogens is 2. The van der Waals surface area contributed by atoms with Crippen LogP contribution in [0.2, 0.25) is 0 Å². The van der Waals surface area contributed by atoms with Crippen LogP contribution in [0.4, 0.5) is 5.69 Å². The third-order valence-corrected chi connectivity index (χ3v) is 6.33. The van der Waals surface area contributed by atoms with Crippen molar-refractivity contribution in [2.75, 3.05) is 24.5 Å². The summed E-state index contributed by atoms with van der Waals surface area (Å²) >= 11 is 0. The van der Waals surface area contributed by atoms with Crippen molar-refractivity contribution in [3.8, 4) is 0 Å². The SMILES string of the molecule is O=C(C1CC(O)C1)N1CCC2(C1)CN(Cc1ccccn1)c1cccnc12. The lowest BCUT2D eigenvalue weighted by Gasteiger charge is -2.34. The lowest BCUT2D eigenvalue weighted by Crippen LogP contribution is -2.44. The predicted octanol–water partition coefficient (Wildman–Crippen LogP) is 1.74. The number of fused-ring (bicyclic) bond motifs is 2. The van der Waals surface area contributed by atoms with E-state index in [0.29, 0.717) is 12.8 Å². The van der Waals surface area contributed by atoms with Gasteiger partial charge in [0.15, 0.2) is 0 Å². The Morgan fingerprint density at radius 3 is 2.78 bits per heavy atom. The Labute approximate surface area is 158 Å². The van der Waals surface area contributed by atoms with Crippen LogP contribution in [0, 0.1) is 5.92 Å². The molecule has 5 rings (SSSR count). The Bertz CT molecular complexity index is 852. The van der Waals surface area contributed by atoms with E-state index < -0.39 is 0 Å². The zero-order valence-corrected chi connectivity index (χ0v) is 15.3. The van der Waals surface area contributed by atoms with Crippen molar-refractivity contribution >= 4 is 11.6 Å². The molecule has 1 atom stereocenters. The average Bonchev–Trinajstić information content (AvgIpc) is 3.23. The molecule has 0 aromatic carbocycles. The van der Waals surface area contributed by atoms with Crippen LogP contribution < -0.4 is 4.90 Å². The van der Waals surface area contributed by atoms with Crippen molar-refractivity contribution in [2.24, 2.45) is 5.92 Å². The molecule has 27 heavy (non-hydrogen) atoms. The molecule has 3 aliphatic rings. The van der Waals surface area contributed by atoms with Gasteiger partial charge >= 0.3 is 0 Å². The van der Waals surface area contributed by atoms with E-state index in [1.807, 2.05) is 41.6 Å². The first kappa shape index (κ1) is 16.7. The van der Waals surface area contributed by atoms with Crippen LogP contribution in [0.5, 0.6) is 0 Å². The highest BCUT2D eigenvalue weighted by Gasteiger charge is 2.50. The summed E-state index contributed by atoms with van der Waals surface area (Å²) in [6.45, 7) is 3.12. The van der Waals surface area contributed by atoms with E-state index in [4.69, 9.17) is 4.98 Å². The number of carbonyl (C=O) groups excluding carboxylic acids is 1. The summed E-state index contributed by atoms with van der Waals surface area (Å²) in [6, 6.07) is 10.1. The van der Waals surface area contributed by atoms with E-state index in [2.05, 4.69) is 16.0 Å². The summed E-state index contributed by atoms with van der Waals surface area (Å²) in [5.41, 5.74) is 3.23. The number of amides is 1. The number of hydrogen-bond acceptors (Lipinski definition) is 5. The van der Waals surface area contributed by atoms with Crippen LogP contribution in [0.25, 0.3) is 0 Å². The second kappa shape index (κ2) is 6.30. The van der Waals surface area contributed by atoms with Crippen molar-refractivity contribution < 1.29 is 9.90 Å². The molecule has 1 spiro atoms. The molecule has 4 heterocycles. The average molecular weight is 364 g/mol. The van der Waals surface area contributed by atoms with Gasteiger partial charge in [-0.15, -0.1) is 0 Å². The van der Waals surface area contributed by atoms with Crippen molar-refractivity contribution in [1.82, 2.24) is 14.9 Å². The van der Waals surface area contributed by atoms with Crippen LogP contribution in [-0.2, 0) is 16.8 Å². The summed E-state index contributed by atoms with van der Waals surface area (Å²) in [5, 5.41) is 9.53. The number of carbonyl (C=O) groups is 1. The monoisotopic (exact) mass is 364 g/mol. The molecule has 1 N–H and O–H groups in total. The minimum absolute atomic E-state index is 0.00405.